The van der Waals surface area contributed by atoms with Crippen LogP contribution in [0.1, 0.15) is 37.5 Å². The van der Waals surface area contributed by atoms with Gasteiger partial charge in [-0.05, 0) is 87.7 Å². The average Bonchev–Trinajstić information content (AvgIpc) is 2.91. The van der Waals surface area contributed by atoms with Crippen LogP contribution in [0, 0.1) is 13.8 Å². The number of rotatable bonds is 11. The first-order chi connectivity index (χ1) is 18.4. The van der Waals surface area contributed by atoms with Gasteiger partial charge >= 0.3 is 0 Å². The molecule has 39 heavy (non-hydrogen) atoms. The number of amides is 2. The summed E-state index contributed by atoms with van der Waals surface area (Å²) < 4.78 is 34.0. The van der Waals surface area contributed by atoms with Crippen LogP contribution in [0.3, 0.4) is 0 Å². The maximum absolute atomic E-state index is 13.9. The molecule has 0 fully saturated rings. The van der Waals surface area contributed by atoms with Gasteiger partial charge in [-0.3, -0.25) is 13.9 Å². The van der Waals surface area contributed by atoms with E-state index in [0.717, 1.165) is 21.0 Å². The molecular formula is C30H37N3O5S. The number of methoxy groups -OCH3 is 1. The lowest BCUT2D eigenvalue weighted by Crippen LogP contribution is -2.52. The molecule has 0 heterocycles. The van der Waals surface area contributed by atoms with E-state index in [9.17, 15) is 18.0 Å². The Morgan fingerprint density at radius 1 is 0.897 bits per heavy atom. The molecule has 0 aliphatic heterocycles. The van der Waals surface area contributed by atoms with Crippen LogP contribution in [0.15, 0.2) is 77.7 Å². The van der Waals surface area contributed by atoms with Crippen molar-refractivity contribution in [3.63, 3.8) is 0 Å². The summed E-state index contributed by atoms with van der Waals surface area (Å²) in [5.74, 6) is -0.164. The van der Waals surface area contributed by atoms with Gasteiger partial charge in [0.05, 0.1) is 17.7 Å². The SMILES string of the molecule is COc1ccc(CN(C(=O)CN(c2ccc(C)c(C)c2)S(=O)(=O)c2ccccc2)[C@H](C)C(=O)NC(C)C)cc1. The second-order valence-corrected chi connectivity index (χ2v) is 11.7. The fraction of sp³-hybridized carbons (Fsp3) is 0.333. The van der Waals surface area contributed by atoms with E-state index in [0.29, 0.717) is 11.4 Å². The number of carbonyl (C=O) groups excluding carboxylic acids is 2. The third kappa shape index (κ3) is 7.38. The Kier molecular flexibility index (Phi) is 9.75. The van der Waals surface area contributed by atoms with E-state index < -0.39 is 28.5 Å². The quantitative estimate of drug-likeness (QED) is 0.380. The molecule has 208 valence electrons. The zero-order chi connectivity index (χ0) is 28.7. The minimum atomic E-state index is -4.09. The van der Waals surface area contributed by atoms with Gasteiger partial charge in [-0.2, -0.15) is 0 Å². The number of nitrogens with zero attached hydrogens (tertiary/aromatic N) is 2. The van der Waals surface area contributed by atoms with Crippen LogP contribution in [-0.4, -0.2) is 50.9 Å². The molecule has 2 amide bonds. The highest BCUT2D eigenvalue weighted by molar-refractivity contribution is 7.92. The Labute approximate surface area is 231 Å². The number of ether oxygens (including phenoxy) is 1. The second-order valence-electron chi connectivity index (χ2n) is 9.80. The van der Waals surface area contributed by atoms with Crippen molar-refractivity contribution in [2.75, 3.05) is 18.0 Å². The Hall–Kier alpha value is -3.85. The number of nitrogens with one attached hydrogen (secondary N) is 1. The lowest BCUT2D eigenvalue weighted by molar-refractivity contribution is -0.139. The summed E-state index contributed by atoms with van der Waals surface area (Å²) in [5, 5.41) is 2.85. The van der Waals surface area contributed by atoms with Crippen molar-refractivity contribution >= 4 is 27.5 Å². The van der Waals surface area contributed by atoms with Gasteiger partial charge in [-0.1, -0.05) is 36.4 Å². The van der Waals surface area contributed by atoms with Crippen molar-refractivity contribution in [3.8, 4) is 5.75 Å². The number of hydrogen-bond donors (Lipinski definition) is 1. The van der Waals surface area contributed by atoms with Crippen LogP contribution in [0.2, 0.25) is 0 Å². The second kappa shape index (κ2) is 12.8. The van der Waals surface area contributed by atoms with Crippen molar-refractivity contribution in [1.29, 1.82) is 0 Å². The summed E-state index contributed by atoms with van der Waals surface area (Å²) in [6.45, 7) is 8.79. The number of aryl methyl sites for hydroxylation is 2. The fourth-order valence-electron chi connectivity index (χ4n) is 4.04. The first-order valence-electron chi connectivity index (χ1n) is 12.8. The van der Waals surface area contributed by atoms with Gasteiger partial charge in [0, 0.05) is 12.6 Å². The zero-order valence-corrected chi connectivity index (χ0v) is 24.2. The Morgan fingerprint density at radius 3 is 2.10 bits per heavy atom. The number of benzene rings is 3. The summed E-state index contributed by atoms with van der Waals surface area (Å²) in [6, 6.07) is 19.5. The minimum absolute atomic E-state index is 0.0725. The zero-order valence-electron chi connectivity index (χ0n) is 23.3. The van der Waals surface area contributed by atoms with Crippen LogP contribution in [0.4, 0.5) is 5.69 Å². The van der Waals surface area contributed by atoms with Crippen LogP contribution in [0.5, 0.6) is 5.75 Å². The highest BCUT2D eigenvalue weighted by Crippen LogP contribution is 2.26. The Balaban J connectivity index is 2.03. The molecular weight excluding hydrogens is 514 g/mol. The molecule has 0 aliphatic carbocycles. The normalized spacial score (nSPS) is 12.1. The van der Waals surface area contributed by atoms with E-state index in [1.807, 2.05) is 45.9 Å². The fourth-order valence-corrected chi connectivity index (χ4v) is 5.47. The van der Waals surface area contributed by atoms with E-state index in [4.69, 9.17) is 4.74 Å². The van der Waals surface area contributed by atoms with Crippen molar-refractivity contribution < 1.29 is 22.7 Å². The molecule has 0 bridgehead atoms. The van der Waals surface area contributed by atoms with Crippen molar-refractivity contribution in [1.82, 2.24) is 10.2 Å². The predicted octanol–water partition coefficient (Wildman–Crippen LogP) is 4.45. The number of hydrogen-bond acceptors (Lipinski definition) is 5. The maximum Gasteiger partial charge on any atom is 0.264 e. The van der Waals surface area contributed by atoms with Gasteiger partial charge < -0.3 is 15.0 Å². The van der Waals surface area contributed by atoms with Crippen LogP contribution >= 0.6 is 0 Å². The minimum Gasteiger partial charge on any atom is -0.497 e. The van der Waals surface area contributed by atoms with E-state index in [2.05, 4.69) is 5.32 Å². The summed E-state index contributed by atoms with van der Waals surface area (Å²) in [7, 11) is -2.52. The number of sulfonamides is 1. The number of anilines is 1. The summed E-state index contributed by atoms with van der Waals surface area (Å²) >= 11 is 0. The topological polar surface area (TPSA) is 96.0 Å². The van der Waals surface area contributed by atoms with E-state index in [1.165, 1.54) is 17.0 Å². The summed E-state index contributed by atoms with van der Waals surface area (Å²) in [5.41, 5.74) is 3.05. The van der Waals surface area contributed by atoms with Crippen LogP contribution < -0.4 is 14.4 Å². The van der Waals surface area contributed by atoms with Gasteiger partial charge in [0.1, 0.15) is 18.3 Å². The van der Waals surface area contributed by atoms with Gasteiger partial charge in [-0.25, -0.2) is 8.42 Å². The smallest absolute Gasteiger partial charge is 0.264 e. The summed E-state index contributed by atoms with van der Waals surface area (Å²) in [6.07, 6.45) is 0. The first kappa shape index (κ1) is 29.7. The van der Waals surface area contributed by atoms with Crippen molar-refractivity contribution in [3.05, 3.63) is 89.5 Å². The Morgan fingerprint density at radius 2 is 1.54 bits per heavy atom. The van der Waals surface area contributed by atoms with Crippen molar-refractivity contribution in [2.45, 2.75) is 58.1 Å². The molecule has 0 saturated carbocycles. The largest absolute Gasteiger partial charge is 0.497 e. The standard InChI is InChI=1S/C30H37N3O5S/c1-21(2)31-30(35)24(5)32(19-25-13-16-27(38-6)17-14-25)29(34)20-33(26-15-12-22(3)23(4)18-26)39(36,37)28-10-8-7-9-11-28/h7-18,21,24H,19-20H2,1-6H3,(H,31,35)/t24-/m1/s1. The predicted molar refractivity (Wildman–Crippen MR) is 153 cm³/mol. The van der Waals surface area contributed by atoms with Crippen LogP contribution in [-0.2, 0) is 26.2 Å². The van der Waals surface area contributed by atoms with Gasteiger partial charge in [0.2, 0.25) is 11.8 Å². The molecule has 0 saturated heterocycles. The molecule has 3 aromatic rings. The summed E-state index contributed by atoms with van der Waals surface area (Å²) in [4.78, 5) is 28.4. The average molecular weight is 552 g/mol. The third-order valence-electron chi connectivity index (χ3n) is 6.50. The molecule has 3 aromatic carbocycles. The molecule has 1 N–H and O–H groups in total. The monoisotopic (exact) mass is 551 g/mol. The first-order valence-corrected chi connectivity index (χ1v) is 14.3. The van der Waals surface area contributed by atoms with Gasteiger partial charge in [-0.15, -0.1) is 0 Å². The highest BCUT2D eigenvalue weighted by atomic mass is 32.2. The van der Waals surface area contributed by atoms with Crippen LogP contribution in [0.25, 0.3) is 0 Å². The molecule has 0 aromatic heterocycles. The molecule has 0 radical (unpaired) electrons. The maximum atomic E-state index is 13.9. The third-order valence-corrected chi connectivity index (χ3v) is 8.29. The highest BCUT2D eigenvalue weighted by Gasteiger charge is 2.32. The molecule has 3 rings (SSSR count). The lowest BCUT2D eigenvalue weighted by atomic mass is 10.1. The molecule has 0 spiro atoms. The van der Waals surface area contributed by atoms with Gasteiger partial charge in [0.15, 0.2) is 0 Å². The van der Waals surface area contributed by atoms with Gasteiger partial charge in [0.25, 0.3) is 10.0 Å². The molecule has 1 atom stereocenters. The Bertz CT molecular complexity index is 1390. The van der Waals surface area contributed by atoms with E-state index in [-0.39, 0.29) is 23.4 Å². The molecule has 0 aliphatic rings. The van der Waals surface area contributed by atoms with Crippen molar-refractivity contribution in [2.24, 2.45) is 0 Å². The number of carbonyl (C=O) groups is 2. The molecule has 0 unspecified atom stereocenters. The molecule has 9 heteroatoms. The van der Waals surface area contributed by atoms with E-state index >= 15 is 0 Å². The molecule has 8 nitrogen and oxygen atoms in total. The van der Waals surface area contributed by atoms with E-state index in [1.54, 1.807) is 56.5 Å². The lowest BCUT2D eigenvalue weighted by Gasteiger charge is -2.32.